The second-order valence-electron chi connectivity index (χ2n) is 7.25. The van der Waals surface area contributed by atoms with Crippen molar-refractivity contribution in [2.45, 2.75) is 19.4 Å². The molecular formula is C23H30N2O4. The number of aryl methyl sites for hydroxylation is 1. The summed E-state index contributed by atoms with van der Waals surface area (Å²) in [5.41, 5.74) is 3.29. The third kappa shape index (κ3) is 5.71. The highest BCUT2D eigenvalue weighted by Crippen LogP contribution is 2.32. The molecule has 2 aromatic carbocycles. The van der Waals surface area contributed by atoms with Gasteiger partial charge < -0.3 is 19.5 Å². The summed E-state index contributed by atoms with van der Waals surface area (Å²) in [6, 6.07) is 14.0. The zero-order valence-electron chi connectivity index (χ0n) is 17.4. The van der Waals surface area contributed by atoms with Gasteiger partial charge in [-0.15, -0.1) is 0 Å². The summed E-state index contributed by atoms with van der Waals surface area (Å²) in [7, 11) is 3.26. The molecule has 1 heterocycles. The van der Waals surface area contributed by atoms with E-state index in [4.69, 9.17) is 14.2 Å². The van der Waals surface area contributed by atoms with Gasteiger partial charge in [0.05, 0.1) is 39.9 Å². The predicted molar refractivity (Wildman–Crippen MR) is 113 cm³/mol. The normalized spacial score (nSPS) is 15.6. The molecule has 0 aromatic heterocycles. The van der Waals surface area contributed by atoms with Crippen LogP contribution in [-0.2, 0) is 16.0 Å². The van der Waals surface area contributed by atoms with Crippen LogP contribution in [0.3, 0.4) is 0 Å². The number of carbonyl (C=O) groups is 1. The fraction of sp³-hybridized carbons (Fsp3) is 0.435. The molecule has 3 rings (SSSR count). The number of ether oxygens (including phenoxy) is 3. The minimum absolute atomic E-state index is 0.0209. The van der Waals surface area contributed by atoms with E-state index in [1.54, 1.807) is 14.2 Å². The lowest BCUT2D eigenvalue weighted by atomic mass is 10.0. The van der Waals surface area contributed by atoms with Crippen LogP contribution in [0.2, 0.25) is 0 Å². The summed E-state index contributed by atoms with van der Waals surface area (Å²) in [6.45, 7) is 5.61. The van der Waals surface area contributed by atoms with E-state index in [1.165, 1.54) is 5.56 Å². The van der Waals surface area contributed by atoms with Crippen LogP contribution in [0.4, 0.5) is 0 Å². The molecule has 6 nitrogen and oxygen atoms in total. The fourth-order valence-corrected chi connectivity index (χ4v) is 3.57. The first-order valence-electron chi connectivity index (χ1n) is 9.96. The zero-order chi connectivity index (χ0) is 20.6. The molecule has 1 N–H and O–H groups in total. The van der Waals surface area contributed by atoms with Gasteiger partial charge in [-0.2, -0.15) is 0 Å². The maximum absolute atomic E-state index is 12.5. The maximum Gasteiger partial charge on any atom is 0.224 e. The van der Waals surface area contributed by atoms with Crippen molar-refractivity contribution in [3.8, 4) is 11.5 Å². The van der Waals surface area contributed by atoms with Crippen molar-refractivity contribution < 1.29 is 19.0 Å². The Bertz CT molecular complexity index is 801. The van der Waals surface area contributed by atoms with Gasteiger partial charge in [-0.25, -0.2) is 0 Å². The first-order valence-corrected chi connectivity index (χ1v) is 9.96. The van der Waals surface area contributed by atoms with Crippen LogP contribution in [0.15, 0.2) is 42.5 Å². The highest BCUT2D eigenvalue weighted by molar-refractivity contribution is 5.78. The van der Waals surface area contributed by atoms with Crippen LogP contribution < -0.4 is 14.8 Å². The van der Waals surface area contributed by atoms with Crippen LogP contribution in [0.1, 0.15) is 22.7 Å². The molecule has 6 heteroatoms. The van der Waals surface area contributed by atoms with Gasteiger partial charge >= 0.3 is 0 Å². The highest BCUT2D eigenvalue weighted by atomic mass is 16.5. The van der Waals surface area contributed by atoms with Crippen LogP contribution in [0, 0.1) is 6.92 Å². The van der Waals surface area contributed by atoms with Crippen molar-refractivity contribution in [2.24, 2.45) is 0 Å². The van der Waals surface area contributed by atoms with E-state index < -0.39 is 0 Å². The van der Waals surface area contributed by atoms with Gasteiger partial charge in [0.1, 0.15) is 0 Å². The fourth-order valence-electron chi connectivity index (χ4n) is 3.57. The average molecular weight is 399 g/mol. The topological polar surface area (TPSA) is 60.0 Å². The molecular weight excluding hydrogens is 368 g/mol. The van der Waals surface area contributed by atoms with Crippen molar-refractivity contribution in [1.29, 1.82) is 0 Å². The molecule has 0 bridgehead atoms. The Hall–Kier alpha value is -2.57. The van der Waals surface area contributed by atoms with Gasteiger partial charge in [-0.05, 0) is 30.2 Å². The van der Waals surface area contributed by atoms with Crippen molar-refractivity contribution >= 4 is 5.91 Å². The number of benzene rings is 2. The lowest BCUT2D eigenvalue weighted by molar-refractivity contribution is -0.120. The summed E-state index contributed by atoms with van der Waals surface area (Å²) in [5.74, 6) is 1.40. The third-order valence-corrected chi connectivity index (χ3v) is 5.26. The molecule has 1 amide bonds. The molecule has 1 unspecified atom stereocenters. The number of nitrogens with one attached hydrogen (secondary N) is 1. The van der Waals surface area contributed by atoms with Crippen molar-refractivity contribution in [1.82, 2.24) is 10.2 Å². The zero-order valence-corrected chi connectivity index (χ0v) is 17.4. The Morgan fingerprint density at radius 2 is 1.76 bits per heavy atom. The molecule has 1 fully saturated rings. The standard InChI is InChI=1S/C23H30N2O4/c1-17-4-6-18(7-5-17)14-23(26)24-16-20(25-10-12-29-13-11-25)19-8-9-21(27-2)22(15-19)28-3/h4-9,15,20H,10-14,16H2,1-3H3,(H,24,26). The van der Waals surface area contributed by atoms with Gasteiger partial charge in [0, 0.05) is 19.6 Å². The van der Waals surface area contributed by atoms with Crippen molar-refractivity contribution in [3.63, 3.8) is 0 Å². The van der Waals surface area contributed by atoms with Crippen LogP contribution in [-0.4, -0.2) is 57.9 Å². The smallest absolute Gasteiger partial charge is 0.224 e. The predicted octanol–water partition coefficient (Wildman–Crippen LogP) is 2.74. The molecule has 0 saturated carbocycles. The molecule has 0 aliphatic carbocycles. The molecule has 2 aromatic rings. The lowest BCUT2D eigenvalue weighted by Crippen LogP contribution is -2.44. The van der Waals surface area contributed by atoms with Gasteiger partial charge in [-0.1, -0.05) is 35.9 Å². The summed E-state index contributed by atoms with van der Waals surface area (Å²) >= 11 is 0. The van der Waals surface area contributed by atoms with E-state index in [9.17, 15) is 4.79 Å². The number of hydrogen-bond acceptors (Lipinski definition) is 5. The molecule has 0 radical (unpaired) electrons. The Morgan fingerprint density at radius 3 is 2.41 bits per heavy atom. The van der Waals surface area contributed by atoms with Gasteiger partial charge in [0.2, 0.25) is 5.91 Å². The number of morpholine rings is 1. The first kappa shape index (κ1) is 21.1. The first-order chi connectivity index (χ1) is 14.1. The van der Waals surface area contributed by atoms with Gasteiger partial charge in [0.25, 0.3) is 0 Å². The second kappa shape index (κ2) is 10.3. The molecule has 0 spiro atoms. The summed E-state index contributed by atoms with van der Waals surface area (Å²) in [6.07, 6.45) is 0.377. The summed E-state index contributed by atoms with van der Waals surface area (Å²) < 4.78 is 16.3. The van der Waals surface area contributed by atoms with E-state index in [-0.39, 0.29) is 11.9 Å². The largest absolute Gasteiger partial charge is 0.493 e. The van der Waals surface area contributed by atoms with E-state index in [2.05, 4.69) is 10.2 Å². The number of hydrogen-bond donors (Lipinski definition) is 1. The second-order valence-corrected chi connectivity index (χ2v) is 7.25. The molecule has 1 saturated heterocycles. The molecule has 1 aliphatic rings. The number of methoxy groups -OCH3 is 2. The number of carbonyl (C=O) groups excluding carboxylic acids is 1. The quantitative estimate of drug-likeness (QED) is 0.741. The number of rotatable bonds is 8. The highest BCUT2D eigenvalue weighted by Gasteiger charge is 2.24. The van der Waals surface area contributed by atoms with Crippen LogP contribution in [0.25, 0.3) is 0 Å². The van der Waals surface area contributed by atoms with Crippen LogP contribution in [0.5, 0.6) is 11.5 Å². The van der Waals surface area contributed by atoms with E-state index >= 15 is 0 Å². The van der Waals surface area contributed by atoms with Gasteiger partial charge in [-0.3, -0.25) is 9.69 Å². The third-order valence-electron chi connectivity index (χ3n) is 5.26. The van der Waals surface area contributed by atoms with Crippen molar-refractivity contribution in [2.75, 3.05) is 47.1 Å². The molecule has 156 valence electrons. The van der Waals surface area contributed by atoms with E-state index in [0.717, 1.165) is 24.2 Å². The minimum Gasteiger partial charge on any atom is -0.493 e. The Balaban J connectivity index is 1.71. The average Bonchev–Trinajstić information content (AvgIpc) is 2.76. The monoisotopic (exact) mass is 398 g/mol. The van der Waals surface area contributed by atoms with Gasteiger partial charge in [0.15, 0.2) is 11.5 Å². The van der Waals surface area contributed by atoms with E-state index in [1.807, 2.05) is 49.4 Å². The number of amides is 1. The Labute approximate surface area is 172 Å². The van der Waals surface area contributed by atoms with Crippen molar-refractivity contribution in [3.05, 3.63) is 59.2 Å². The van der Waals surface area contributed by atoms with E-state index in [0.29, 0.717) is 37.7 Å². The Kier molecular flexibility index (Phi) is 7.49. The lowest BCUT2D eigenvalue weighted by Gasteiger charge is -2.35. The maximum atomic E-state index is 12.5. The minimum atomic E-state index is 0.0209. The molecule has 1 aliphatic heterocycles. The number of nitrogens with zero attached hydrogens (tertiary/aromatic N) is 1. The summed E-state index contributed by atoms with van der Waals surface area (Å²) in [4.78, 5) is 14.9. The molecule has 29 heavy (non-hydrogen) atoms. The van der Waals surface area contributed by atoms with Crippen LogP contribution >= 0.6 is 0 Å². The SMILES string of the molecule is COc1ccc(C(CNC(=O)Cc2ccc(C)cc2)N2CCOCC2)cc1OC. The Morgan fingerprint density at radius 1 is 1.07 bits per heavy atom. The summed E-state index contributed by atoms with van der Waals surface area (Å²) in [5, 5.41) is 3.11. The molecule has 1 atom stereocenters.